The van der Waals surface area contributed by atoms with E-state index in [4.69, 9.17) is 11.5 Å². The van der Waals surface area contributed by atoms with Crippen LogP contribution in [0.5, 0.6) is 0 Å². The highest BCUT2D eigenvalue weighted by Gasteiger charge is 2.35. The van der Waals surface area contributed by atoms with Crippen LogP contribution in [-0.2, 0) is 0 Å². The second kappa shape index (κ2) is 4.44. The number of nitrogens with two attached hydrogens (primary N) is 2. The Morgan fingerprint density at radius 1 is 0.682 bits per heavy atom. The van der Waals surface area contributed by atoms with Gasteiger partial charge in [-0.15, -0.1) is 0 Å². The van der Waals surface area contributed by atoms with E-state index in [1.54, 1.807) is 6.07 Å². The molecule has 0 aromatic heterocycles. The zero-order chi connectivity index (χ0) is 16.3. The van der Waals surface area contributed by atoms with Gasteiger partial charge in [0.05, 0.1) is 11.1 Å². The molecule has 4 heteroatoms. The number of nitrogen functional groups attached to an aromatic ring is 2. The van der Waals surface area contributed by atoms with Crippen molar-refractivity contribution in [1.29, 1.82) is 0 Å². The molecule has 0 saturated heterocycles. The van der Waals surface area contributed by atoms with Crippen molar-refractivity contribution in [2.45, 2.75) is 27.7 Å². The molecule has 0 fully saturated rings. The van der Waals surface area contributed by atoms with Crippen LogP contribution >= 0.6 is 0 Å². The van der Waals surface area contributed by atoms with Crippen molar-refractivity contribution >= 4 is 22.9 Å². The second-order valence-corrected chi connectivity index (χ2v) is 5.92. The Balaban J connectivity index is 2.47. The van der Waals surface area contributed by atoms with Crippen molar-refractivity contribution in [3.05, 3.63) is 56.6 Å². The fourth-order valence-electron chi connectivity index (χ4n) is 3.08. The van der Waals surface area contributed by atoms with Crippen LogP contribution in [-0.4, -0.2) is 11.6 Å². The van der Waals surface area contributed by atoms with Gasteiger partial charge in [0, 0.05) is 22.5 Å². The highest BCUT2D eigenvalue weighted by molar-refractivity contribution is 6.32. The Morgan fingerprint density at radius 2 is 1.18 bits per heavy atom. The second-order valence-electron chi connectivity index (χ2n) is 5.92. The SMILES string of the molecule is Cc1ccc2c(c1C)C(=O)c1c(N)c(C)c(C)c(N)c1C2=O. The minimum absolute atomic E-state index is 0.210. The highest BCUT2D eigenvalue weighted by atomic mass is 16.1. The zero-order valence-electron chi connectivity index (χ0n) is 13.1. The van der Waals surface area contributed by atoms with Gasteiger partial charge in [-0.1, -0.05) is 12.1 Å². The number of hydrogen-bond donors (Lipinski definition) is 2. The Bertz CT molecular complexity index is 880. The largest absolute Gasteiger partial charge is 0.398 e. The van der Waals surface area contributed by atoms with Gasteiger partial charge in [-0.05, 0) is 49.9 Å². The van der Waals surface area contributed by atoms with Gasteiger partial charge in [0.2, 0.25) is 0 Å². The van der Waals surface area contributed by atoms with Crippen molar-refractivity contribution < 1.29 is 9.59 Å². The maximum Gasteiger partial charge on any atom is 0.196 e. The molecule has 0 heterocycles. The third-order valence-electron chi connectivity index (χ3n) is 4.82. The molecule has 1 aliphatic carbocycles. The van der Waals surface area contributed by atoms with Gasteiger partial charge in [-0.3, -0.25) is 9.59 Å². The van der Waals surface area contributed by atoms with Crippen LogP contribution in [0.25, 0.3) is 0 Å². The first-order valence-corrected chi connectivity index (χ1v) is 7.15. The lowest BCUT2D eigenvalue weighted by atomic mass is 9.78. The smallest absolute Gasteiger partial charge is 0.196 e. The summed E-state index contributed by atoms with van der Waals surface area (Å²) in [6.07, 6.45) is 0. The van der Waals surface area contributed by atoms with E-state index in [0.29, 0.717) is 22.5 Å². The van der Waals surface area contributed by atoms with Crippen molar-refractivity contribution in [3.63, 3.8) is 0 Å². The number of hydrogen-bond acceptors (Lipinski definition) is 4. The first kappa shape index (κ1) is 14.3. The third kappa shape index (κ3) is 1.58. The van der Waals surface area contributed by atoms with Crippen molar-refractivity contribution in [2.24, 2.45) is 0 Å². The molecule has 4 nitrogen and oxygen atoms in total. The predicted octanol–water partition coefficient (Wildman–Crippen LogP) is 2.86. The number of ketones is 2. The molecule has 0 atom stereocenters. The van der Waals surface area contributed by atoms with Gasteiger partial charge < -0.3 is 11.5 Å². The summed E-state index contributed by atoms with van der Waals surface area (Å²) >= 11 is 0. The van der Waals surface area contributed by atoms with Crippen LogP contribution in [0.3, 0.4) is 0 Å². The fraction of sp³-hybridized carbons (Fsp3) is 0.222. The monoisotopic (exact) mass is 294 g/mol. The third-order valence-corrected chi connectivity index (χ3v) is 4.82. The Morgan fingerprint density at radius 3 is 1.73 bits per heavy atom. The number of carbonyl (C=O) groups excluding carboxylic acids is 2. The molecular weight excluding hydrogens is 276 g/mol. The lowest BCUT2D eigenvalue weighted by Crippen LogP contribution is -2.26. The molecule has 112 valence electrons. The number of aryl methyl sites for hydroxylation is 1. The molecule has 0 unspecified atom stereocenters. The summed E-state index contributed by atoms with van der Waals surface area (Å²) < 4.78 is 0. The van der Waals surface area contributed by atoms with E-state index in [9.17, 15) is 9.59 Å². The molecule has 0 aliphatic heterocycles. The normalized spacial score (nSPS) is 13.1. The summed E-state index contributed by atoms with van der Waals surface area (Å²) in [7, 11) is 0. The van der Waals surface area contributed by atoms with E-state index in [0.717, 1.165) is 22.3 Å². The molecule has 1 aliphatic rings. The predicted molar refractivity (Wildman–Crippen MR) is 87.5 cm³/mol. The quantitative estimate of drug-likeness (QED) is 0.624. The fourth-order valence-corrected chi connectivity index (χ4v) is 3.08. The van der Waals surface area contributed by atoms with Gasteiger partial charge in [0.15, 0.2) is 11.6 Å². The maximum atomic E-state index is 13.0. The molecule has 0 bridgehead atoms. The summed E-state index contributed by atoms with van der Waals surface area (Å²) in [6.45, 7) is 7.40. The first-order chi connectivity index (χ1) is 10.3. The molecule has 0 radical (unpaired) electrons. The molecule has 2 aromatic carbocycles. The number of carbonyl (C=O) groups is 2. The van der Waals surface area contributed by atoms with E-state index >= 15 is 0 Å². The zero-order valence-corrected chi connectivity index (χ0v) is 13.1. The minimum Gasteiger partial charge on any atom is -0.398 e. The van der Waals surface area contributed by atoms with Crippen LogP contribution in [0, 0.1) is 27.7 Å². The van der Waals surface area contributed by atoms with Crippen LogP contribution in [0.4, 0.5) is 11.4 Å². The summed E-state index contributed by atoms with van der Waals surface area (Å²) in [5, 5.41) is 0. The molecule has 2 aromatic rings. The van der Waals surface area contributed by atoms with Crippen LogP contribution < -0.4 is 11.5 Å². The van der Waals surface area contributed by atoms with Gasteiger partial charge >= 0.3 is 0 Å². The standard InChI is InChI=1S/C18H18N2O2/c1-7-5-6-11-12(8(7)2)18(22)14-13(17(11)21)15(19)9(3)10(4)16(14)20/h5-6H,19-20H2,1-4H3. The maximum absolute atomic E-state index is 13.0. The van der Waals surface area contributed by atoms with Crippen molar-refractivity contribution in [3.8, 4) is 0 Å². The lowest BCUT2D eigenvalue weighted by molar-refractivity contribution is 0.0979. The molecule has 0 saturated carbocycles. The first-order valence-electron chi connectivity index (χ1n) is 7.15. The van der Waals surface area contributed by atoms with E-state index in [2.05, 4.69) is 0 Å². The van der Waals surface area contributed by atoms with Crippen LogP contribution in [0.2, 0.25) is 0 Å². The number of rotatable bonds is 0. The number of anilines is 2. The minimum atomic E-state index is -0.222. The topological polar surface area (TPSA) is 86.2 Å². The Kier molecular flexibility index (Phi) is 2.89. The van der Waals surface area contributed by atoms with Gasteiger partial charge in [0.1, 0.15) is 0 Å². The lowest BCUT2D eigenvalue weighted by Gasteiger charge is -2.25. The number of benzene rings is 2. The van der Waals surface area contributed by atoms with Crippen LogP contribution in [0.15, 0.2) is 12.1 Å². The van der Waals surface area contributed by atoms with Gasteiger partial charge in [0.25, 0.3) is 0 Å². The van der Waals surface area contributed by atoms with E-state index in [1.165, 1.54) is 0 Å². The van der Waals surface area contributed by atoms with E-state index < -0.39 is 0 Å². The molecule has 22 heavy (non-hydrogen) atoms. The Hall–Kier alpha value is -2.62. The summed E-state index contributed by atoms with van der Waals surface area (Å²) in [5.41, 5.74) is 17.6. The molecule has 0 amide bonds. The highest BCUT2D eigenvalue weighted by Crippen LogP contribution is 2.39. The molecule has 3 rings (SSSR count). The average molecular weight is 294 g/mol. The van der Waals surface area contributed by atoms with E-state index in [-0.39, 0.29) is 22.7 Å². The van der Waals surface area contributed by atoms with Crippen molar-refractivity contribution in [2.75, 3.05) is 11.5 Å². The van der Waals surface area contributed by atoms with Gasteiger partial charge in [-0.25, -0.2) is 0 Å². The summed E-state index contributed by atoms with van der Waals surface area (Å²) in [4.78, 5) is 25.8. The van der Waals surface area contributed by atoms with Gasteiger partial charge in [-0.2, -0.15) is 0 Å². The van der Waals surface area contributed by atoms with Crippen LogP contribution in [0.1, 0.15) is 54.1 Å². The van der Waals surface area contributed by atoms with E-state index in [1.807, 2.05) is 33.8 Å². The number of fused-ring (bicyclic) bond motifs is 2. The molecule has 4 N–H and O–H groups in total. The average Bonchev–Trinajstić information content (AvgIpc) is 2.49. The van der Waals surface area contributed by atoms with Crippen molar-refractivity contribution in [1.82, 2.24) is 0 Å². The molecular formula is C18H18N2O2. The summed E-state index contributed by atoms with van der Waals surface area (Å²) in [5.74, 6) is -0.432. The molecule has 0 spiro atoms. The Labute approximate surface area is 129 Å². The summed E-state index contributed by atoms with van der Waals surface area (Å²) in [6, 6.07) is 3.55.